The fourth-order valence-corrected chi connectivity index (χ4v) is 4.19. The van der Waals surface area contributed by atoms with Crippen LogP contribution in [0.2, 0.25) is 0 Å². The first-order chi connectivity index (χ1) is 8.71. The van der Waals surface area contributed by atoms with E-state index in [1.165, 1.54) is 12.5 Å². The molecule has 1 aliphatic heterocycles. The maximum atomic E-state index is 13.8. The number of carbonyl (C=O) groups excluding carboxylic acids is 1. The van der Waals surface area contributed by atoms with Gasteiger partial charge in [0, 0.05) is 10.6 Å². The summed E-state index contributed by atoms with van der Waals surface area (Å²) < 4.78 is 13.8. The van der Waals surface area contributed by atoms with Gasteiger partial charge in [0.15, 0.2) is 0 Å². The Labute approximate surface area is 110 Å². The first-order valence-corrected chi connectivity index (χ1v) is 7.43. The molecule has 1 aliphatic carbocycles. The van der Waals surface area contributed by atoms with Gasteiger partial charge in [0.1, 0.15) is 5.82 Å². The molecule has 1 aromatic rings. The second kappa shape index (κ2) is 4.57. The molecule has 0 aromatic heterocycles. The lowest BCUT2D eigenvalue weighted by Gasteiger charge is -2.33. The van der Waals surface area contributed by atoms with Crippen LogP contribution in [-0.4, -0.2) is 11.7 Å². The minimum Gasteiger partial charge on any atom is -0.322 e. The summed E-state index contributed by atoms with van der Waals surface area (Å²) in [5.74, 6) is 0.453. The number of hydrogen-bond acceptors (Lipinski definition) is 2. The molecule has 1 spiro atoms. The van der Waals surface area contributed by atoms with E-state index in [1.807, 2.05) is 6.07 Å². The van der Waals surface area contributed by atoms with E-state index >= 15 is 0 Å². The normalized spacial score (nSPS) is 22.2. The first-order valence-electron chi connectivity index (χ1n) is 6.44. The molecule has 18 heavy (non-hydrogen) atoms. The standard InChI is InChI=1S/C14H16FNOS/c15-10-5-4-6-11-12(10)16-13(17)14(9-18-11)7-2-1-3-8-14/h4-6H,1-3,7-9H2,(H,16,17). The summed E-state index contributed by atoms with van der Waals surface area (Å²) in [7, 11) is 0. The molecule has 0 saturated heterocycles. The van der Waals surface area contributed by atoms with Crippen molar-refractivity contribution in [1.29, 1.82) is 0 Å². The zero-order chi connectivity index (χ0) is 12.6. The number of para-hydroxylation sites is 1. The molecule has 0 bridgehead atoms. The topological polar surface area (TPSA) is 29.1 Å². The average Bonchev–Trinajstić information content (AvgIpc) is 2.52. The van der Waals surface area contributed by atoms with Crippen LogP contribution in [0.4, 0.5) is 10.1 Å². The van der Waals surface area contributed by atoms with E-state index in [-0.39, 0.29) is 17.1 Å². The van der Waals surface area contributed by atoms with E-state index in [0.29, 0.717) is 5.69 Å². The van der Waals surface area contributed by atoms with Crippen molar-refractivity contribution in [2.45, 2.75) is 37.0 Å². The van der Waals surface area contributed by atoms with Crippen molar-refractivity contribution in [2.75, 3.05) is 11.1 Å². The number of hydrogen-bond donors (Lipinski definition) is 1. The number of amides is 1. The first kappa shape index (κ1) is 12.0. The van der Waals surface area contributed by atoms with Crippen molar-refractivity contribution in [1.82, 2.24) is 0 Å². The predicted molar refractivity (Wildman–Crippen MR) is 71.3 cm³/mol. The third kappa shape index (κ3) is 1.92. The largest absolute Gasteiger partial charge is 0.322 e. The van der Waals surface area contributed by atoms with Gasteiger partial charge in [-0.25, -0.2) is 4.39 Å². The Balaban J connectivity index is 1.95. The molecular formula is C14H16FNOS. The molecule has 1 N–H and O–H groups in total. The van der Waals surface area contributed by atoms with Gasteiger partial charge >= 0.3 is 0 Å². The molecule has 0 radical (unpaired) electrons. The second-order valence-electron chi connectivity index (χ2n) is 5.20. The van der Waals surface area contributed by atoms with Gasteiger partial charge in [-0.1, -0.05) is 25.3 Å². The van der Waals surface area contributed by atoms with Crippen LogP contribution in [0.5, 0.6) is 0 Å². The van der Waals surface area contributed by atoms with E-state index in [4.69, 9.17) is 0 Å². The molecule has 2 nitrogen and oxygen atoms in total. The van der Waals surface area contributed by atoms with Crippen LogP contribution in [0.15, 0.2) is 23.1 Å². The van der Waals surface area contributed by atoms with Crippen molar-refractivity contribution in [3.05, 3.63) is 24.0 Å². The number of thioether (sulfide) groups is 1. The third-order valence-electron chi connectivity index (χ3n) is 4.01. The highest BCUT2D eigenvalue weighted by Crippen LogP contribution is 2.45. The maximum Gasteiger partial charge on any atom is 0.231 e. The Bertz CT molecular complexity index is 483. The van der Waals surface area contributed by atoms with Gasteiger partial charge in [-0.3, -0.25) is 4.79 Å². The van der Waals surface area contributed by atoms with E-state index in [9.17, 15) is 9.18 Å². The lowest BCUT2D eigenvalue weighted by atomic mass is 9.75. The summed E-state index contributed by atoms with van der Waals surface area (Å²) in [5, 5.41) is 2.82. The van der Waals surface area contributed by atoms with E-state index in [0.717, 1.165) is 36.3 Å². The van der Waals surface area contributed by atoms with Crippen molar-refractivity contribution in [3.8, 4) is 0 Å². The van der Waals surface area contributed by atoms with Crippen LogP contribution in [-0.2, 0) is 4.79 Å². The highest BCUT2D eigenvalue weighted by atomic mass is 32.2. The average molecular weight is 265 g/mol. The van der Waals surface area contributed by atoms with Gasteiger partial charge in [0.25, 0.3) is 0 Å². The molecule has 2 aliphatic rings. The minimum absolute atomic E-state index is 0.0125. The quantitative estimate of drug-likeness (QED) is 0.772. The second-order valence-corrected chi connectivity index (χ2v) is 6.21. The lowest BCUT2D eigenvalue weighted by molar-refractivity contribution is -0.126. The number of carbonyl (C=O) groups is 1. The highest BCUT2D eigenvalue weighted by Gasteiger charge is 2.41. The number of halogens is 1. The lowest BCUT2D eigenvalue weighted by Crippen LogP contribution is -2.39. The summed E-state index contributed by atoms with van der Waals surface area (Å²) >= 11 is 1.61. The van der Waals surface area contributed by atoms with E-state index in [1.54, 1.807) is 17.8 Å². The molecule has 1 fully saturated rings. The number of benzene rings is 1. The van der Waals surface area contributed by atoms with Crippen LogP contribution < -0.4 is 5.32 Å². The fraction of sp³-hybridized carbons (Fsp3) is 0.500. The highest BCUT2D eigenvalue weighted by molar-refractivity contribution is 7.99. The summed E-state index contributed by atoms with van der Waals surface area (Å²) in [5.41, 5.74) is 0.0870. The number of anilines is 1. The summed E-state index contributed by atoms with van der Waals surface area (Å²) in [6.07, 6.45) is 5.28. The number of rotatable bonds is 0. The van der Waals surface area contributed by atoms with Gasteiger partial charge in [-0.2, -0.15) is 0 Å². The molecule has 1 amide bonds. The smallest absolute Gasteiger partial charge is 0.231 e. The summed E-state index contributed by atoms with van der Waals surface area (Å²) in [4.78, 5) is 13.3. The van der Waals surface area contributed by atoms with Crippen LogP contribution in [0, 0.1) is 11.2 Å². The minimum atomic E-state index is -0.332. The van der Waals surface area contributed by atoms with Gasteiger partial charge in [-0.15, -0.1) is 11.8 Å². The zero-order valence-corrected chi connectivity index (χ0v) is 11.0. The Morgan fingerprint density at radius 3 is 2.78 bits per heavy atom. The Hall–Kier alpha value is -1.03. The van der Waals surface area contributed by atoms with Crippen LogP contribution >= 0.6 is 11.8 Å². The van der Waals surface area contributed by atoms with Crippen molar-refractivity contribution < 1.29 is 9.18 Å². The molecule has 3 rings (SSSR count). The molecule has 0 unspecified atom stereocenters. The Morgan fingerprint density at radius 1 is 1.22 bits per heavy atom. The van der Waals surface area contributed by atoms with Crippen LogP contribution in [0.25, 0.3) is 0 Å². The molecule has 4 heteroatoms. The fourth-order valence-electron chi connectivity index (χ4n) is 2.87. The van der Waals surface area contributed by atoms with Gasteiger partial charge in [0.2, 0.25) is 5.91 Å². The van der Waals surface area contributed by atoms with Crippen molar-refractivity contribution >= 4 is 23.4 Å². The number of fused-ring (bicyclic) bond motifs is 1. The zero-order valence-electron chi connectivity index (χ0n) is 10.2. The summed E-state index contributed by atoms with van der Waals surface area (Å²) in [6.45, 7) is 0. The van der Waals surface area contributed by atoms with Gasteiger partial charge in [0.05, 0.1) is 11.1 Å². The van der Waals surface area contributed by atoms with Crippen LogP contribution in [0.3, 0.4) is 0 Å². The van der Waals surface area contributed by atoms with E-state index in [2.05, 4.69) is 5.32 Å². The molecule has 1 saturated carbocycles. The number of nitrogens with one attached hydrogen (secondary N) is 1. The van der Waals surface area contributed by atoms with E-state index < -0.39 is 0 Å². The molecular weight excluding hydrogens is 249 g/mol. The molecule has 1 aromatic carbocycles. The van der Waals surface area contributed by atoms with Crippen molar-refractivity contribution in [3.63, 3.8) is 0 Å². The predicted octanol–water partition coefficient (Wildman–Crippen LogP) is 3.82. The van der Waals surface area contributed by atoms with Gasteiger partial charge in [-0.05, 0) is 25.0 Å². The Morgan fingerprint density at radius 2 is 2.00 bits per heavy atom. The summed E-state index contributed by atoms with van der Waals surface area (Å²) in [6, 6.07) is 4.98. The van der Waals surface area contributed by atoms with Crippen LogP contribution in [0.1, 0.15) is 32.1 Å². The van der Waals surface area contributed by atoms with Crippen molar-refractivity contribution in [2.24, 2.45) is 5.41 Å². The molecule has 96 valence electrons. The van der Waals surface area contributed by atoms with Gasteiger partial charge < -0.3 is 5.32 Å². The third-order valence-corrected chi connectivity index (χ3v) is 5.36. The monoisotopic (exact) mass is 265 g/mol. The maximum absolute atomic E-state index is 13.8. The molecule has 0 atom stereocenters. The SMILES string of the molecule is O=C1Nc2c(F)cccc2SCC12CCCCC2. The Kier molecular flexibility index (Phi) is 3.06. The molecule has 1 heterocycles.